The molecule has 0 N–H and O–H groups in total. The minimum absolute atomic E-state index is 0.767. The van der Waals surface area contributed by atoms with Crippen LogP contribution in [0.2, 0.25) is 0 Å². The third-order valence-corrected chi connectivity index (χ3v) is 2.28. The van der Waals surface area contributed by atoms with Gasteiger partial charge in [-0.1, -0.05) is 26.7 Å². The highest BCUT2D eigenvalue weighted by Gasteiger charge is 1.96. The molecule has 0 saturated heterocycles. The second kappa shape index (κ2) is 8.03. The van der Waals surface area contributed by atoms with Crippen LogP contribution in [0.5, 0.6) is 11.5 Å². The maximum absolute atomic E-state index is 5.54. The highest BCUT2D eigenvalue weighted by atomic mass is 16.5. The van der Waals surface area contributed by atoms with Crippen molar-refractivity contribution < 1.29 is 9.47 Å². The molecule has 0 saturated carbocycles. The van der Waals surface area contributed by atoms with Gasteiger partial charge < -0.3 is 9.47 Å². The summed E-state index contributed by atoms with van der Waals surface area (Å²) in [4.78, 5) is 0. The maximum atomic E-state index is 5.54. The summed E-state index contributed by atoms with van der Waals surface area (Å²) >= 11 is 0. The molecule has 0 bridgehead atoms. The van der Waals surface area contributed by atoms with Gasteiger partial charge in [-0.05, 0) is 31.0 Å². The highest BCUT2D eigenvalue weighted by Crippen LogP contribution is 2.17. The van der Waals surface area contributed by atoms with Crippen LogP contribution < -0.4 is 9.47 Å². The Morgan fingerprint density at radius 3 is 2.25 bits per heavy atom. The minimum Gasteiger partial charge on any atom is -0.494 e. The van der Waals surface area contributed by atoms with Gasteiger partial charge in [0.25, 0.3) is 0 Å². The summed E-state index contributed by atoms with van der Waals surface area (Å²) in [6.07, 6.45) is 4.48. The predicted octanol–water partition coefficient (Wildman–Crippen LogP) is 3.84. The second-order valence-electron chi connectivity index (χ2n) is 3.79. The molecule has 2 heteroatoms. The first kappa shape index (κ1) is 12.9. The minimum atomic E-state index is 0.767. The van der Waals surface area contributed by atoms with Crippen molar-refractivity contribution in [3.05, 3.63) is 24.3 Å². The van der Waals surface area contributed by atoms with E-state index in [9.17, 15) is 0 Å². The van der Waals surface area contributed by atoms with Gasteiger partial charge in [-0.25, -0.2) is 0 Å². The SMILES string of the molecule is CCCCOc1[c]cc(OCCCC)cc1. The van der Waals surface area contributed by atoms with Crippen molar-refractivity contribution in [3.63, 3.8) is 0 Å². The summed E-state index contributed by atoms with van der Waals surface area (Å²) in [5.74, 6) is 1.67. The van der Waals surface area contributed by atoms with E-state index in [1.165, 1.54) is 0 Å². The standard InChI is InChI=1S/C14H21O2/c1-3-5-11-15-13-7-9-14(10-8-13)16-12-6-4-2/h7-9H,3-6,11-12H2,1-2H3. The van der Waals surface area contributed by atoms with Crippen LogP contribution in [0.1, 0.15) is 39.5 Å². The van der Waals surface area contributed by atoms with E-state index < -0.39 is 0 Å². The predicted molar refractivity (Wildman–Crippen MR) is 66.1 cm³/mol. The Kier molecular flexibility index (Phi) is 6.47. The van der Waals surface area contributed by atoms with Gasteiger partial charge in [-0.15, -0.1) is 0 Å². The van der Waals surface area contributed by atoms with Crippen molar-refractivity contribution in [1.82, 2.24) is 0 Å². The third kappa shape index (κ3) is 5.06. The van der Waals surface area contributed by atoms with Gasteiger partial charge >= 0.3 is 0 Å². The molecule has 0 amide bonds. The van der Waals surface area contributed by atoms with Crippen molar-refractivity contribution in [1.29, 1.82) is 0 Å². The van der Waals surface area contributed by atoms with E-state index in [1.54, 1.807) is 0 Å². The van der Waals surface area contributed by atoms with Crippen LogP contribution in [0.25, 0.3) is 0 Å². The van der Waals surface area contributed by atoms with Crippen LogP contribution in [0.15, 0.2) is 18.2 Å². The molecule has 0 fully saturated rings. The number of rotatable bonds is 8. The summed E-state index contributed by atoms with van der Waals surface area (Å²) in [7, 11) is 0. The fourth-order valence-electron chi connectivity index (χ4n) is 1.24. The van der Waals surface area contributed by atoms with Crippen molar-refractivity contribution in [2.45, 2.75) is 39.5 Å². The summed E-state index contributed by atoms with van der Waals surface area (Å²) in [5.41, 5.74) is 0. The average molecular weight is 221 g/mol. The molecule has 0 aliphatic carbocycles. The van der Waals surface area contributed by atoms with Gasteiger partial charge in [0, 0.05) is 6.07 Å². The van der Waals surface area contributed by atoms with Crippen LogP contribution in [0.4, 0.5) is 0 Å². The first-order valence-electron chi connectivity index (χ1n) is 6.14. The van der Waals surface area contributed by atoms with Crippen molar-refractivity contribution in [2.75, 3.05) is 13.2 Å². The molecular formula is C14H21O2. The Morgan fingerprint density at radius 1 is 1.00 bits per heavy atom. The van der Waals surface area contributed by atoms with Gasteiger partial charge in [0.1, 0.15) is 11.5 Å². The summed E-state index contributed by atoms with van der Waals surface area (Å²) in [6, 6.07) is 8.77. The van der Waals surface area contributed by atoms with E-state index in [-0.39, 0.29) is 0 Å². The largest absolute Gasteiger partial charge is 0.494 e. The molecule has 0 aliphatic rings. The van der Waals surface area contributed by atoms with E-state index in [2.05, 4.69) is 19.9 Å². The van der Waals surface area contributed by atoms with E-state index >= 15 is 0 Å². The Hall–Kier alpha value is -1.18. The first-order chi connectivity index (χ1) is 7.86. The monoisotopic (exact) mass is 221 g/mol. The smallest absolute Gasteiger partial charge is 0.127 e. The fourth-order valence-corrected chi connectivity index (χ4v) is 1.24. The highest BCUT2D eigenvalue weighted by molar-refractivity contribution is 5.29. The molecule has 1 rings (SSSR count). The van der Waals surface area contributed by atoms with E-state index in [0.29, 0.717) is 0 Å². The van der Waals surface area contributed by atoms with Crippen molar-refractivity contribution in [2.24, 2.45) is 0 Å². The third-order valence-electron chi connectivity index (χ3n) is 2.28. The Bertz CT molecular complexity index is 238. The van der Waals surface area contributed by atoms with E-state index in [1.807, 2.05) is 18.2 Å². The normalized spacial score (nSPS) is 10.1. The Balaban J connectivity index is 2.30. The average Bonchev–Trinajstić information content (AvgIpc) is 2.32. The van der Waals surface area contributed by atoms with Gasteiger partial charge in [0.05, 0.1) is 13.2 Å². The lowest BCUT2D eigenvalue weighted by atomic mass is 10.3. The van der Waals surface area contributed by atoms with E-state index in [0.717, 1.165) is 50.4 Å². The molecule has 0 aliphatic heterocycles. The molecule has 0 heterocycles. The molecule has 1 aromatic carbocycles. The Labute approximate surface area is 98.6 Å². The zero-order valence-electron chi connectivity index (χ0n) is 10.3. The fraction of sp³-hybridized carbons (Fsp3) is 0.571. The zero-order valence-corrected chi connectivity index (χ0v) is 10.3. The molecule has 89 valence electrons. The number of unbranched alkanes of at least 4 members (excludes halogenated alkanes) is 2. The lowest BCUT2D eigenvalue weighted by Crippen LogP contribution is -1.98. The number of ether oxygens (including phenoxy) is 2. The molecule has 16 heavy (non-hydrogen) atoms. The molecule has 0 atom stereocenters. The van der Waals surface area contributed by atoms with Crippen LogP contribution in [0.3, 0.4) is 0 Å². The Morgan fingerprint density at radius 2 is 1.69 bits per heavy atom. The summed E-state index contributed by atoms with van der Waals surface area (Å²) in [6.45, 7) is 5.85. The molecule has 1 aromatic rings. The quantitative estimate of drug-likeness (QED) is 0.621. The van der Waals surface area contributed by atoms with Crippen LogP contribution >= 0.6 is 0 Å². The zero-order chi connectivity index (χ0) is 11.6. The number of hydrogen-bond donors (Lipinski definition) is 0. The lowest BCUT2D eigenvalue weighted by Gasteiger charge is -2.07. The van der Waals surface area contributed by atoms with Gasteiger partial charge in [0.2, 0.25) is 0 Å². The van der Waals surface area contributed by atoms with Gasteiger partial charge in [-0.2, -0.15) is 0 Å². The molecule has 1 radical (unpaired) electrons. The molecule has 2 nitrogen and oxygen atoms in total. The van der Waals surface area contributed by atoms with Crippen LogP contribution in [-0.4, -0.2) is 13.2 Å². The first-order valence-corrected chi connectivity index (χ1v) is 6.14. The van der Waals surface area contributed by atoms with Gasteiger partial charge in [-0.3, -0.25) is 0 Å². The maximum Gasteiger partial charge on any atom is 0.127 e. The van der Waals surface area contributed by atoms with E-state index in [4.69, 9.17) is 9.47 Å². The number of benzene rings is 1. The molecule has 0 unspecified atom stereocenters. The summed E-state index contributed by atoms with van der Waals surface area (Å²) < 4.78 is 11.1. The summed E-state index contributed by atoms with van der Waals surface area (Å²) in [5, 5.41) is 0. The number of hydrogen-bond acceptors (Lipinski definition) is 2. The van der Waals surface area contributed by atoms with Crippen LogP contribution in [0, 0.1) is 6.07 Å². The van der Waals surface area contributed by atoms with Crippen molar-refractivity contribution in [3.8, 4) is 11.5 Å². The molecule has 0 aromatic heterocycles. The topological polar surface area (TPSA) is 18.5 Å². The van der Waals surface area contributed by atoms with Crippen LogP contribution in [-0.2, 0) is 0 Å². The second-order valence-corrected chi connectivity index (χ2v) is 3.79. The van der Waals surface area contributed by atoms with Crippen molar-refractivity contribution >= 4 is 0 Å². The molecule has 0 spiro atoms. The lowest BCUT2D eigenvalue weighted by molar-refractivity contribution is 0.300. The molecular weight excluding hydrogens is 200 g/mol. The van der Waals surface area contributed by atoms with Gasteiger partial charge in [0.15, 0.2) is 0 Å².